The van der Waals surface area contributed by atoms with Gasteiger partial charge in [-0.1, -0.05) is 6.42 Å². The summed E-state index contributed by atoms with van der Waals surface area (Å²) in [6, 6.07) is 6.55. The highest BCUT2D eigenvalue weighted by Crippen LogP contribution is 2.22. The van der Waals surface area contributed by atoms with Gasteiger partial charge in [0.2, 0.25) is 0 Å². The summed E-state index contributed by atoms with van der Waals surface area (Å²) < 4.78 is 0. The largest absolute Gasteiger partial charge is 0.269 e. The van der Waals surface area contributed by atoms with Crippen molar-refractivity contribution in [3.8, 4) is 0 Å². The molecule has 0 bridgehead atoms. The van der Waals surface area contributed by atoms with E-state index in [1.165, 1.54) is 12.1 Å². The lowest BCUT2D eigenvalue weighted by Gasteiger charge is -2.00. The highest BCUT2D eigenvalue weighted by Gasteiger charge is 2.03. The maximum absolute atomic E-state index is 10.4. The normalized spacial score (nSPS) is 10.3. The van der Waals surface area contributed by atoms with E-state index in [0.29, 0.717) is 0 Å². The first-order valence-corrected chi connectivity index (χ1v) is 6.18. The minimum atomic E-state index is -0.400. The first kappa shape index (κ1) is 13.0. The van der Waals surface area contributed by atoms with Crippen LogP contribution in [0.3, 0.4) is 0 Å². The zero-order valence-corrected chi connectivity index (χ0v) is 9.74. The average molecular weight is 240 g/mol. The fourth-order valence-corrected chi connectivity index (χ4v) is 2.15. The number of non-ortho nitro benzene ring substituents is 1. The summed E-state index contributed by atoms with van der Waals surface area (Å²) in [4.78, 5) is 11.0. The quantitative estimate of drug-likeness (QED) is 0.318. The van der Waals surface area contributed by atoms with Crippen molar-refractivity contribution in [2.24, 2.45) is 0 Å². The Morgan fingerprint density at radius 2 is 1.81 bits per heavy atom. The van der Waals surface area contributed by atoms with E-state index >= 15 is 0 Å². The molecule has 4 nitrogen and oxygen atoms in total. The number of nitro benzene ring substituents is 1. The Bertz CT molecular complexity index is 327. The van der Waals surface area contributed by atoms with Crippen molar-refractivity contribution in [2.45, 2.75) is 24.2 Å². The molecule has 0 aliphatic rings. The van der Waals surface area contributed by atoms with Crippen molar-refractivity contribution < 1.29 is 10.0 Å². The zero-order chi connectivity index (χ0) is 11.8. The minimum absolute atomic E-state index is 0.00218. The molecule has 0 saturated carbocycles. The Hall–Kier alpha value is -1.07. The van der Waals surface area contributed by atoms with Gasteiger partial charge in [0, 0.05) is 17.0 Å². The molecule has 1 aromatic carbocycles. The molecule has 5 heteroatoms. The van der Waals surface area contributed by atoms with Gasteiger partial charge in [-0.3, -0.25) is 10.1 Å². The summed E-state index contributed by atoms with van der Waals surface area (Å²) in [6.45, 7) is 0.00218. The maximum atomic E-state index is 10.4. The van der Waals surface area contributed by atoms with Crippen LogP contribution in [0.15, 0.2) is 29.2 Å². The Labute approximate surface area is 98.8 Å². The van der Waals surface area contributed by atoms with Gasteiger partial charge in [0.1, 0.15) is 0 Å². The van der Waals surface area contributed by atoms with Crippen LogP contribution in [0.5, 0.6) is 0 Å². The Morgan fingerprint density at radius 3 is 2.38 bits per heavy atom. The Morgan fingerprint density at radius 1 is 1.12 bits per heavy atom. The second-order valence-corrected chi connectivity index (χ2v) is 4.53. The zero-order valence-electron chi connectivity index (χ0n) is 8.93. The van der Waals surface area contributed by atoms with Gasteiger partial charge in [-0.2, -0.15) is 0 Å². The van der Waals surface area contributed by atoms with E-state index in [-0.39, 0.29) is 12.3 Å². The van der Waals surface area contributed by atoms with Crippen LogP contribution in [-0.4, -0.2) is 17.3 Å². The van der Waals surface area contributed by atoms with Gasteiger partial charge in [0.25, 0.3) is 5.69 Å². The van der Waals surface area contributed by atoms with Crippen LogP contribution in [-0.2, 0) is 5.11 Å². The summed E-state index contributed by atoms with van der Waals surface area (Å²) in [5.74, 6) is 0.956. The van der Waals surface area contributed by atoms with E-state index in [1.54, 1.807) is 23.9 Å². The fourth-order valence-electron chi connectivity index (χ4n) is 1.24. The number of thioether (sulfide) groups is 1. The van der Waals surface area contributed by atoms with Crippen molar-refractivity contribution in [2.75, 3.05) is 12.4 Å². The van der Waals surface area contributed by atoms with Gasteiger partial charge in [0.15, 0.2) is 0 Å². The van der Waals surface area contributed by atoms with Crippen LogP contribution < -0.4 is 0 Å². The number of benzene rings is 1. The molecule has 0 heterocycles. The van der Waals surface area contributed by atoms with Crippen LogP contribution in [0.2, 0.25) is 0 Å². The van der Waals surface area contributed by atoms with Gasteiger partial charge in [-0.25, -0.2) is 5.11 Å². The second-order valence-electron chi connectivity index (χ2n) is 3.36. The number of nitro groups is 1. The average Bonchev–Trinajstić information content (AvgIpc) is 2.29. The maximum Gasteiger partial charge on any atom is 0.269 e. The molecule has 87 valence electrons. The lowest BCUT2D eigenvalue weighted by atomic mass is 10.3. The first-order valence-electron chi connectivity index (χ1n) is 5.19. The van der Waals surface area contributed by atoms with Gasteiger partial charge in [-0.15, -0.1) is 11.8 Å². The predicted molar refractivity (Wildman–Crippen MR) is 63.2 cm³/mol. The van der Waals surface area contributed by atoms with Crippen molar-refractivity contribution in [1.82, 2.24) is 0 Å². The van der Waals surface area contributed by atoms with E-state index < -0.39 is 4.92 Å². The molecule has 0 spiro atoms. The van der Waals surface area contributed by atoms with E-state index in [4.69, 9.17) is 0 Å². The van der Waals surface area contributed by atoms with E-state index in [9.17, 15) is 15.2 Å². The summed E-state index contributed by atoms with van der Waals surface area (Å²) in [7, 11) is 0. The van der Waals surface area contributed by atoms with Crippen molar-refractivity contribution in [3.05, 3.63) is 34.4 Å². The van der Waals surface area contributed by atoms with Gasteiger partial charge >= 0.3 is 0 Å². The fraction of sp³-hybridized carbons (Fsp3) is 0.455. The molecule has 0 aromatic heterocycles. The van der Waals surface area contributed by atoms with Gasteiger partial charge in [-0.05, 0) is 30.7 Å². The molecule has 1 aromatic rings. The molecular formula is C11H14NO3S. The Kier molecular flexibility index (Phi) is 5.88. The molecule has 16 heavy (non-hydrogen) atoms. The molecule has 0 aliphatic heterocycles. The standard InChI is InChI=1S/C11H14NO3S/c13-8-2-1-3-9-16-11-6-4-10(5-7-11)12(14)15/h4-7H,1-3,8-9H2. The van der Waals surface area contributed by atoms with E-state index in [2.05, 4.69) is 0 Å². The summed E-state index contributed by atoms with van der Waals surface area (Å²) >= 11 is 1.67. The highest BCUT2D eigenvalue weighted by molar-refractivity contribution is 7.99. The van der Waals surface area contributed by atoms with E-state index in [0.717, 1.165) is 29.9 Å². The topological polar surface area (TPSA) is 63.0 Å². The Balaban J connectivity index is 2.29. The van der Waals surface area contributed by atoms with Crippen LogP contribution >= 0.6 is 11.8 Å². The third-order valence-corrected chi connectivity index (χ3v) is 3.20. The molecule has 0 atom stereocenters. The smallest absolute Gasteiger partial charge is 0.258 e. The van der Waals surface area contributed by atoms with Crippen LogP contribution in [0.25, 0.3) is 0 Å². The van der Waals surface area contributed by atoms with Crippen molar-refractivity contribution in [1.29, 1.82) is 0 Å². The van der Waals surface area contributed by atoms with Crippen LogP contribution in [0.1, 0.15) is 19.3 Å². The third kappa shape index (κ3) is 4.63. The second kappa shape index (κ2) is 7.24. The molecule has 0 saturated heterocycles. The lowest BCUT2D eigenvalue weighted by Crippen LogP contribution is -1.87. The number of rotatable bonds is 7. The molecule has 0 amide bonds. The summed E-state index contributed by atoms with van der Waals surface area (Å²) in [5, 5.41) is 20.6. The monoisotopic (exact) mass is 240 g/mol. The number of hydrogen-bond acceptors (Lipinski definition) is 3. The SMILES string of the molecule is [O]CCCCCSc1ccc([N+](=O)[O-])cc1. The molecule has 0 unspecified atom stereocenters. The summed E-state index contributed by atoms with van der Waals surface area (Å²) in [5.41, 5.74) is 0.121. The molecule has 0 N–H and O–H groups in total. The summed E-state index contributed by atoms with van der Waals surface area (Å²) in [6.07, 6.45) is 2.72. The van der Waals surface area contributed by atoms with Gasteiger partial charge in [0.05, 0.1) is 11.5 Å². The number of hydrogen-bond donors (Lipinski definition) is 0. The molecule has 1 radical (unpaired) electrons. The van der Waals surface area contributed by atoms with Gasteiger partial charge < -0.3 is 0 Å². The number of nitrogens with zero attached hydrogens (tertiary/aromatic N) is 1. The molecular weight excluding hydrogens is 226 g/mol. The van der Waals surface area contributed by atoms with E-state index in [1.807, 2.05) is 0 Å². The van der Waals surface area contributed by atoms with Crippen LogP contribution in [0, 0.1) is 10.1 Å². The first-order chi connectivity index (χ1) is 7.74. The minimum Gasteiger partial charge on any atom is -0.258 e. The number of unbranched alkanes of at least 4 members (excludes halogenated alkanes) is 2. The van der Waals surface area contributed by atoms with Crippen molar-refractivity contribution in [3.63, 3.8) is 0 Å². The predicted octanol–water partition coefficient (Wildman–Crippen LogP) is 3.29. The third-order valence-electron chi connectivity index (χ3n) is 2.10. The highest BCUT2D eigenvalue weighted by atomic mass is 32.2. The molecule has 0 aliphatic carbocycles. The lowest BCUT2D eigenvalue weighted by molar-refractivity contribution is -0.384. The molecule has 1 rings (SSSR count). The van der Waals surface area contributed by atoms with Crippen molar-refractivity contribution >= 4 is 17.4 Å². The van der Waals surface area contributed by atoms with Crippen LogP contribution in [0.4, 0.5) is 5.69 Å². The molecule has 0 fully saturated rings.